The minimum Gasteiger partial charge on any atom is -0.276 e. The van der Waals surface area contributed by atoms with Gasteiger partial charge in [-0.3, -0.25) is 14.8 Å². The lowest BCUT2D eigenvalue weighted by Gasteiger charge is -2.15. The van der Waals surface area contributed by atoms with Crippen LogP contribution in [0.5, 0.6) is 0 Å². The van der Waals surface area contributed by atoms with Gasteiger partial charge in [-0.25, -0.2) is 9.97 Å². The van der Waals surface area contributed by atoms with Gasteiger partial charge in [-0.05, 0) is 48.7 Å². The van der Waals surface area contributed by atoms with Gasteiger partial charge in [0.15, 0.2) is 5.65 Å². The number of fused-ring (bicyclic) bond motifs is 4. The normalized spacial score (nSPS) is 11.5. The van der Waals surface area contributed by atoms with Crippen molar-refractivity contribution in [2.75, 3.05) is 5.43 Å². The number of hydrazone groups is 1. The minimum absolute atomic E-state index is 0.586. The Labute approximate surface area is 178 Å². The second kappa shape index (κ2) is 7.50. The summed E-state index contributed by atoms with van der Waals surface area (Å²) in [5.41, 5.74) is 10.4. The first kappa shape index (κ1) is 18.7. The Morgan fingerprint density at radius 3 is 2.58 bits per heavy atom. The fourth-order valence-electron chi connectivity index (χ4n) is 3.93. The zero-order valence-corrected chi connectivity index (χ0v) is 17.2. The molecule has 0 saturated carbocycles. The van der Waals surface area contributed by atoms with E-state index in [0.29, 0.717) is 16.9 Å². The molecule has 0 radical (unpaired) electrons. The molecule has 0 aliphatic rings. The third kappa shape index (κ3) is 3.06. The molecular formula is C24H19N7. The zero-order valence-electron chi connectivity index (χ0n) is 17.2. The number of pyridine rings is 1. The first-order valence-corrected chi connectivity index (χ1v) is 10.0. The average molecular weight is 405 g/mol. The SMILES string of the molecule is CCc1c(C)c(C#N)c2nc3ccccc3n2c1NN=Cc1cnc2ccccc2n1. The van der Waals surface area contributed by atoms with Crippen LogP contribution in [0.2, 0.25) is 0 Å². The van der Waals surface area contributed by atoms with Crippen molar-refractivity contribution < 1.29 is 0 Å². The van der Waals surface area contributed by atoms with Gasteiger partial charge in [0.2, 0.25) is 0 Å². The lowest BCUT2D eigenvalue weighted by molar-refractivity contribution is 1.04. The largest absolute Gasteiger partial charge is 0.276 e. The summed E-state index contributed by atoms with van der Waals surface area (Å²) in [6, 6.07) is 17.9. The summed E-state index contributed by atoms with van der Waals surface area (Å²) in [4.78, 5) is 13.7. The molecule has 0 aliphatic heterocycles. The van der Waals surface area contributed by atoms with Crippen molar-refractivity contribution in [3.63, 3.8) is 0 Å². The van der Waals surface area contributed by atoms with Crippen LogP contribution >= 0.6 is 0 Å². The summed E-state index contributed by atoms with van der Waals surface area (Å²) in [6.07, 6.45) is 4.09. The van der Waals surface area contributed by atoms with Crippen molar-refractivity contribution >= 4 is 39.7 Å². The number of benzene rings is 2. The number of rotatable bonds is 4. The summed E-state index contributed by atoms with van der Waals surface area (Å²) in [5, 5.41) is 14.2. The van der Waals surface area contributed by atoms with Crippen LogP contribution in [0.4, 0.5) is 5.82 Å². The summed E-state index contributed by atoms with van der Waals surface area (Å²) in [5.74, 6) is 0.799. The molecule has 0 unspecified atom stereocenters. The van der Waals surface area contributed by atoms with Crippen molar-refractivity contribution in [1.82, 2.24) is 19.4 Å². The molecular weight excluding hydrogens is 386 g/mol. The Morgan fingerprint density at radius 1 is 1.06 bits per heavy atom. The predicted octanol–water partition coefficient (Wildman–Crippen LogP) is 4.62. The van der Waals surface area contributed by atoms with Crippen LogP contribution in [0, 0.1) is 18.3 Å². The average Bonchev–Trinajstić information content (AvgIpc) is 3.18. The number of nitrogens with zero attached hydrogens (tertiary/aromatic N) is 6. The lowest BCUT2D eigenvalue weighted by atomic mass is 10.0. The molecule has 5 aromatic rings. The van der Waals surface area contributed by atoms with E-state index in [2.05, 4.69) is 33.5 Å². The van der Waals surface area contributed by atoms with E-state index in [1.807, 2.05) is 59.9 Å². The topological polar surface area (TPSA) is 91.3 Å². The van der Waals surface area contributed by atoms with Crippen LogP contribution in [-0.2, 0) is 6.42 Å². The minimum atomic E-state index is 0.586. The van der Waals surface area contributed by atoms with Gasteiger partial charge in [-0.2, -0.15) is 10.4 Å². The number of hydrogen-bond acceptors (Lipinski definition) is 6. The highest BCUT2D eigenvalue weighted by Gasteiger charge is 2.19. The van der Waals surface area contributed by atoms with Gasteiger partial charge in [0.25, 0.3) is 0 Å². The molecule has 2 aromatic carbocycles. The van der Waals surface area contributed by atoms with Gasteiger partial charge < -0.3 is 0 Å². The van der Waals surface area contributed by atoms with Gasteiger partial charge in [0, 0.05) is 0 Å². The van der Waals surface area contributed by atoms with E-state index in [1.165, 1.54) is 0 Å². The highest BCUT2D eigenvalue weighted by molar-refractivity contribution is 5.87. The van der Waals surface area contributed by atoms with Crippen molar-refractivity contribution in [3.8, 4) is 6.07 Å². The highest BCUT2D eigenvalue weighted by Crippen LogP contribution is 2.31. The van der Waals surface area contributed by atoms with E-state index in [9.17, 15) is 5.26 Å². The van der Waals surface area contributed by atoms with Crippen molar-refractivity contribution in [2.24, 2.45) is 5.10 Å². The smallest absolute Gasteiger partial charge is 0.157 e. The van der Waals surface area contributed by atoms with Gasteiger partial charge >= 0.3 is 0 Å². The molecule has 5 rings (SSSR count). The molecule has 31 heavy (non-hydrogen) atoms. The fraction of sp³-hybridized carbons (Fsp3) is 0.125. The first-order valence-electron chi connectivity index (χ1n) is 10.0. The monoisotopic (exact) mass is 405 g/mol. The molecule has 0 saturated heterocycles. The van der Waals surface area contributed by atoms with Crippen LogP contribution < -0.4 is 5.43 Å². The summed E-state index contributed by atoms with van der Waals surface area (Å²) < 4.78 is 1.98. The molecule has 3 heterocycles. The molecule has 150 valence electrons. The Bertz CT molecular complexity index is 1520. The van der Waals surface area contributed by atoms with Gasteiger partial charge in [0.1, 0.15) is 17.6 Å². The molecule has 1 N–H and O–H groups in total. The van der Waals surface area contributed by atoms with E-state index >= 15 is 0 Å². The van der Waals surface area contributed by atoms with Crippen LogP contribution in [0.15, 0.2) is 59.8 Å². The molecule has 0 fully saturated rings. The summed E-state index contributed by atoms with van der Waals surface area (Å²) in [6.45, 7) is 4.03. The maximum absolute atomic E-state index is 9.80. The third-order valence-corrected chi connectivity index (χ3v) is 5.42. The molecule has 0 spiro atoms. The summed E-state index contributed by atoms with van der Waals surface area (Å²) in [7, 11) is 0. The van der Waals surface area contributed by atoms with Crippen molar-refractivity contribution in [1.29, 1.82) is 5.26 Å². The third-order valence-electron chi connectivity index (χ3n) is 5.42. The Morgan fingerprint density at radius 2 is 1.81 bits per heavy atom. The predicted molar refractivity (Wildman–Crippen MR) is 122 cm³/mol. The second-order valence-corrected chi connectivity index (χ2v) is 7.21. The van der Waals surface area contributed by atoms with Crippen LogP contribution in [0.3, 0.4) is 0 Å². The van der Waals surface area contributed by atoms with E-state index in [0.717, 1.165) is 45.4 Å². The standard InChI is InChI=1S/C24H19N7/c1-3-17-15(2)18(12-25)23-29-21-10-6-7-11-22(21)31(23)24(17)30-27-14-16-13-26-19-8-4-5-9-20(19)28-16/h4-11,13-14,30H,3H2,1-2H3. The maximum Gasteiger partial charge on any atom is 0.157 e. The lowest BCUT2D eigenvalue weighted by Crippen LogP contribution is -2.07. The number of aromatic nitrogens is 4. The molecule has 7 nitrogen and oxygen atoms in total. The molecule has 0 amide bonds. The van der Waals surface area contributed by atoms with Crippen LogP contribution in [0.1, 0.15) is 29.3 Å². The molecule has 0 atom stereocenters. The molecule has 7 heteroatoms. The van der Waals surface area contributed by atoms with E-state index in [1.54, 1.807) is 12.4 Å². The quantitative estimate of drug-likeness (QED) is 0.348. The number of nitrogens with one attached hydrogen (secondary N) is 1. The zero-order chi connectivity index (χ0) is 21.4. The number of nitriles is 1. The summed E-state index contributed by atoms with van der Waals surface area (Å²) >= 11 is 0. The van der Waals surface area contributed by atoms with Crippen LogP contribution in [0.25, 0.3) is 27.7 Å². The van der Waals surface area contributed by atoms with Gasteiger partial charge in [-0.1, -0.05) is 31.2 Å². The second-order valence-electron chi connectivity index (χ2n) is 7.21. The fourth-order valence-corrected chi connectivity index (χ4v) is 3.93. The van der Waals surface area contributed by atoms with Crippen molar-refractivity contribution in [2.45, 2.75) is 20.3 Å². The Kier molecular flexibility index (Phi) is 4.53. The van der Waals surface area contributed by atoms with E-state index in [4.69, 9.17) is 4.98 Å². The number of imidazole rings is 1. The van der Waals surface area contributed by atoms with Crippen LogP contribution in [-0.4, -0.2) is 25.6 Å². The van der Waals surface area contributed by atoms with Gasteiger partial charge in [0.05, 0.1) is 40.0 Å². The van der Waals surface area contributed by atoms with Crippen molar-refractivity contribution in [3.05, 3.63) is 77.1 Å². The Hall–Kier alpha value is -4.31. The maximum atomic E-state index is 9.80. The highest BCUT2D eigenvalue weighted by atomic mass is 15.3. The number of hydrogen-bond donors (Lipinski definition) is 1. The first-order chi connectivity index (χ1) is 15.2. The number of para-hydroxylation sites is 4. The van der Waals surface area contributed by atoms with E-state index < -0.39 is 0 Å². The Balaban J connectivity index is 1.64. The van der Waals surface area contributed by atoms with Gasteiger partial charge in [-0.15, -0.1) is 0 Å². The molecule has 0 aliphatic carbocycles. The van der Waals surface area contributed by atoms with E-state index in [-0.39, 0.29) is 0 Å². The number of anilines is 1. The molecule has 0 bridgehead atoms. The molecule has 3 aromatic heterocycles.